The van der Waals surface area contributed by atoms with Crippen molar-refractivity contribution in [2.75, 3.05) is 25.4 Å². The molecule has 132 valence electrons. The standard InChI is InChI=1S/C18H26N4S.HI/c1-2-19-18(21-13-16-7-5-11-23-16)20-10-9-15-12-14-6-3-4-8-17(14)22-15;/h3-4,6,8,12,16,22H,2,5,7,9-11,13H2,1H3,(H2,19,20,21);1H. The topological polar surface area (TPSA) is 52.2 Å². The molecule has 0 saturated carbocycles. The molecule has 24 heavy (non-hydrogen) atoms. The van der Waals surface area contributed by atoms with Gasteiger partial charge in [0, 0.05) is 36.0 Å². The van der Waals surface area contributed by atoms with E-state index in [-0.39, 0.29) is 24.0 Å². The zero-order valence-corrected chi connectivity index (χ0v) is 17.3. The molecule has 6 heteroatoms. The first-order valence-electron chi connectivity index (χ1n) is 8.55. The highest BCUT2D eigenvalue weighted by molar-refractivity contribution is 14.0. The summed E-state index contributed by atoms with van der Waals surface area (Å²) in [5, 5.41) is 8.77. The number of hydrogen-bond acceptors (Lipinski definition) is 2. The van der Waals surface area contributed by atoms with Crippen LogP contribution in [0.4, 0.5) is 0 Å². The normalized spacial score (nSPS) is 17.7. The second kappa shape index (κ2) is 10.2. The number of halogens is 1. The molecule has 1 fully saturated rings. The first-order chi connectivity index (χ1) is 11.3. The smallest absolute Gasteiger partial charge is 0.191 e. The van der Waals surface area contributed by atoms with Gasteiger partial charge in [0.2, 0.25) is 0 Å². The average molecular weight is 458 g/mol. The van der Waals surface area contributed by atoms with Crippen molar-refractivity contribution in [2.45, 2.75) is 31.4 Å². The lowest BCUT2D eigenvalue weighted by Gasteiger charge is -2.12. The summed E-state index contributed by atoms with van der Waals surface area (Å²) in [4.78, 5) is 8.21. The molecular formula is C18H27IN4S. The van der Waals surface area contributed by atoms with Crippen molar-refractivity contribution in [3.63, 3.8) is 0 Å². The lowest BCUT2D eigenvalue weighted by Crippen LogP contribution is -2.38. The van der Waals surface area contributed by atoms with Crippen molar-refractivity contribution in [3.05, 3.63) is 36.0 Å². The van der Waals surface area contributed by atoms with E-state index in [0.717, 1.165) is 32.0 Å². The van der Waals surface area contributed by atoms with Gasteiger partial charge in [0.25, 0.3) is 0 Å². The number of nitrogens with zero attached hydrogens (tertiary/aromatic N) is 1. The number of H-pyrrole nitrogens is 1. The summed E-state index contributed by atoms with van der Waals surface area (Å²) >= 11 is 2.06. The van der Waals surface area contributed by atoms with E-state index < -0.39 is 0 Å². The van der Waals surface area contributed by atoms with Crippen LogP contribution in [0.25, 0.3) is 10.9 Å². The molecule has 3 rings (SSSR count). The molecule has 1 aromatic heterocycles. The Kier molecular flexibility index (Phi) is 8.24. The van der Waals surface area contributed by atoms with Gasteiger partial charge in [-0.15, -0.1) is 24.0 Å². The van der Waals surface area contributed by atoms with Crippen molar-refractivity contribution in [1.29, 1.82) is 0 Å². The summed E-state index contributed by atoms with van der Waals surface area (Å²) in [6, 6.07) is 10.6. The fourth-order valence-corrected chi connectivity index (χ4v) is 4.09. The van der Waals surface area contributed by atoms with E-state index in [1.807, 2.05) is 0 Å². The molecule has 1 aromatic carbocycles. The van der Waals surface area contributed by atoms with Crippen LogP contribution >= 0.6 is 35.7 Å². The molecule has 1 aliphatic heterocycles. The zero-order chi connectivity index (χ0) is 15.9. The molecule has 1 unspecified atom stereocenters. The highest BCUT2D eigenvalue weighted by Crippen LogP contribution is 2.25. The zero-order valence-electron chi connectivity index (χ0n) is 14.2. The maximum absolute atomic E-state index is 4.73. The summed E-state index contributed by atoms with van der Waals surface area (Å²) in [6.45, 7) is 4.82. The van der Waals surface area contributed by atoms with E-state index in [1.165, 1.54) is 35.2 Å². The van der Waals surface area contributed by atoms with Crippen molar-refractivity contribution in [3.8, 4) is 0 Å². The quantitative estimate of drug-likeness (QED) is 0.351. The van der Waals surface area contributed by atoms with Crippen molar-refractivity contribution < 1.29 is 0 Å². The van der Waals surface area contributed by atoms with Crippen LogP contribution in [-0.2, 0) is 6.42 Å². The number of benzene rings is 1. The van der Waals surface area contributed by atoms with Crippen LogP contribution in [0.15, 0.2) is 35.3 Å². The Hall–Kier alpha value is -0.890. The molecule has 1 saturated heterocycles. The van der Waals surface area contributed by atoms with Crippen molar-refractivity contribution in [1.82, 2.24) is 15.6 Å². The third-order valence-corrected chi connectivity index (χ3v) is 5.47. The Morgan fingerprint density at radius 2 is 2.21 bits per heavy atom. The number of aliphatic imine (C=N–C) groups is 1. The predicted octanol–water partition coefficient (Wildman–Crippen LogP) is 3.78. The lowest BCUT2D eigenvalue weighted by atomic mass is 10.2. The number of guanidine groups is 1. The van der Waals surface area contributed by atoms with Gasteiger partial charge in [0.1, 0.15) is 0 Å². The molecule has 0 aliphatic carbocycles. The molecule has 0 bridgehead atoms. The molecule has 1 aliphatic rings. The van der Waals surface area contributed by atoms with E-state index >= 15 is 0 Å². The van der Waals surface area contributed by atoms with E-state index in [0.29, 0.717) is 5.25 Å². The first kappa shape index (κ1) is 19.4. The van der Waals surface area contributed by atoms with Crippen LogP contribution in [0.5, 0.6) is 0 Å². The van der Waals surface area contributed by atoms with Crippen LogP contribution in [-0.4, -0.2) is 41.6 Å². The molecule has 1 atom stereocenters. The van der Waals surface area contributed by atoms with Gasteiger partial charge < -0.3 is 15.6 Å². The first-order valence-corrected chi connectivity index (χ1v) is 9.60. The van der Waals surface area contributed by atoms with Crippen LogP contribution in [0.1, 0.15) is 25.5 Å². The Balaban J connectivity index is 0.00000208. The van der Waals surface area contributed by atoms with Crippen LogP contribution < -0.4 is 10.6 Å². The molecule has 0 spiro atoms. The third-order valence-electron chi connectivity index (χ3n) is 4.09. The molecular weight excluding hydrogens is 431 g/mol. The number of fused-ring (bicyclic) bond motifs is 1. The Morgan fingerprint density at radius 3 is 2.96 bits per heavy atom. The average Bonchev–Trinajstić information content (AvgIpc) is 3.21. The highest BCUT2D eigenvalue weighted by Gasteiger charge is 2.14. The van der Waals surface area contributed by atoms with Gasteiger partial charge in [-0.3, -0.25) is 4.99 Å². The van der Waals surface area contributed by atoms with E-state index in [1.54, 1.807) is 0 Å². The third kappa shape index (κ3) is 5.58. The van der Waals surface area contributed by atoms with Gasteiger partial charge in [-0.1, -0.05) is 18.2 Å². The lowest BCUT2D eigenvalue weighted by molar-refractivity contribution is 0.758. The second-order valence-electron chi connectivity index (χ2n) is 5.91. The minimum absolute atomic E-state index is 0. The van der Waals surface area contributed by atoms with Gasteiger partial charge in [0.05, 0.1) is 6.54 Å². The maximum Gasteiger partial charge on any atom is 0.191 e. The molecule has 2 heterocycles. The van der Waals surface area contributed by atoms with Gasteiger partial charge in [0.15, 0.2) is 5.96 Å². The number of hydrogen-bond donors (Lipinski definition) is 3. The van der Waals surface area contributed by atoms with E-state index in [2.05, 4.69) is 64.6 Å². The summed E-state index contributed by atoms with van der Waals surface area (Å²) in [5.74, 6) is 2.24. The minimum Gasteiger partial charge on any atom is -0.358 e. The van der Waals surface area contributed by atoms with Crippen molar-refractivity contribution >= 4 is 52.6 Å². The minimum atomic E-state index is 0. The fourth-order valence-electron chi connectivity index (χ4n) is 2.91. The molecule has 2 aromatic rings. The number of rotatable bonds is 6. The van der Waals surface area contributed by atoms with Crippen LogP contribution in [0, 0.1) is 0 Å². The fraction of sp³-hybridized carbons (Fsp3) is 0.500. The molecule has 0 amide bonds. The van der Waals surface area contributed by atoms with E-state index in [4.69, 9.17) is 4.99 Å². The van der Waals surface area contributed by atoms with Gasteiger partial charge in [-0.2, -0.15) is 11.8 Å². The maximum atomic E-state index is 4.73. The predicted molar refractivity (Wildman–Crippen MR) is 117 cm³/mol. The second-order valence-corrected chi connectivity index (χ2v) is 7.32. The van der Waals surface area contributed by atoms with Crippen molar-refractivity contribution in [2.24, 2.45) is 4.99 Å². The molecule has 0 radical (unpaired) electrons. The molecule has 3 N–H and O–H groups in total. The largest absolute Gasteiger partial charge is 0.358 e. The number of para-hydroxylation sites is 1. The molecule has 4 nitrogen and oxygen atoms in total. The summed E-state index contributed by atoms with van der Waals surface area (Å²) in [6.07, 6.45) is 3.62. The van der Waals surface area contributed by atoms with Gasteiger partial charge >= 0.3 is 0 Å². The summed E-state index contributed by atoms with van der Waals surface area (Å²) in [7, 11) is 0. The SMILES string of the molecule is CCNC(=NCC1CCCS1)NCCc1cc2ccccc2[nH]1.I. The number of nitrogens with one attached hydrogen (secondary N) is 3. The highest BCUT2D eigenvalue weighted by atomic mass is 127. The summed E-state index contributed by atoms with van der Waals surface area (Å²) < 4.78 is 0. The summed E-state index contributed by atoms with van der Waals surface area (Å²) in [5.41, 5.74) is 2.47. The number of aromatic nitrogens is 1. The number of aromatic amines is 1. The Labute approximate surface area is 165 Å². The van der Waals surface area contributed by atoms with E-state index in [9.17, 15) is 0 Å². The van der Waals surface area contributed by atoms with Gasteiger partial charge in [-0.05, 0) is 43.0 Å². The van der Waals surface area contributed by atoms with Crippen LogP contribution in [0.3, 0.4) is 0 Å². The Morgan fingerprint density at radius 1 is 1.33 bits per heavy atom. The Bertz CT molecular complexity index is 616. The van der Waals surface area contributed by atoms with Crippen LogP contribution in [0.2, 0.25) is 0 Å². The number of thioether (sulfide) groups is 1. The monoisotopic (exact) mass is 458 g/mol. The van der Waals surface area contributed by atoms with Gasteiger partial charge in [-0.25, -0.2) is 0 Å².